The Kier molecular flexibility index (Phi) is 10.1. The first-order valence-corrected chi connectivity index (χ1v) is 12.4. The maximum atomic E-state index is 13.2. The number of Topliss-reactive ketones (excluding diaryl/α,β-unsaturated/α-hetero) is 1. The quantitative estimate of drug-likeness (QED) is 0.201. The second-order valence-corrected chi connectivity index (χ2v) is 9.05. The first-order chi connectivity index (χ1) is 17.0. The van der Waals surface area contributed by atoms with Crippen molar-refractivity contribution in [3.63, 3.8) is 0 Å². The first-order valence-electron chi connectivity index (χ1n) is 12.4. The Balaban J connectivity index is 1.73. The predicted octanol–water partition coefficient (Wildman–Crippen LogP) is 6.89. The van der Waals surface area contributed by atoms with Crippen LogP contribution in [0.15, 0.2) is 72.8 Å². The zero-order chi connectivity index (χ0) is 25.0. The third kappa shape index (κ3) is 7.81. The minimum Gasteiger partial charge on any atom is -0.497 e. The highest BCUT2D eigenvalue weighted by molar-refractivity contribution is 6.00. The molecule has 3 aromatic carbocycles. The minimum absolute atomic E-state index is 0.0518. The van der Waals surface area contributed by atoms with Crippen LogP contribution in [-0.2, 0) is 24.0 Å². The number of carbonyl (C=O) groups is 2. The molecule has 0 N–H and O–H groups in total. The number of esters is 1. The third-order valence-electron chi connectivity index (χ3n) is 6.47. The van der Waals surface area contributed by atoms with Crippen LogP contribution in [0.25, 0.3) is 0 Å². The van der Waals surface area contributed by atoms with Gasteiger partial charge in [-0.2, -0.15) is 0 Å². The van der Waals surface area contributed by atoms with Gasteiger partial charge >= 0.3 is 5.97 Å². The van der Waals surface area contributed by atoms with Crippen LogP contribution in [0.2, 0.25) is 0 Å². The van der Waals surface area contributed by atoms with Crippen LogP contribution in [0.1, 0.15) is 70.0 Å². The molecule has 0 spiro atoms. The van der Waals surface area contributed by atoms with Gasteiger partial charge in [0, 0.05) is 12.0 Å². The van der Waals surface area contributed by atoms with Crippen LogP contribution >= 0.6 is 0 Å². The lowest BCUT2D eigenvalue weighted by molar-refractivity contribution is 0.0600. The molecular formula is C31H36O4. The van der Waals surface area contributed by atoms with Crippen molar-refractivity contribution in [2.75, 3.05) is 14.2 Å². The maximum Gasteiger partial charge on any atom is 0.337 e. The van der Waals surface area contributed by atoms with E-state index in [2.05, 4.69) is 37.3 Å². The maximum absolute atomic E-state index is 13.2. The number of benzene rings is 3. The van der Waals surface area contributed by atoms with Crippen molar-refractivity contribution < 1.29 is 19.1 Å². The Bertz CT molecular complexity index is 1090. The van der Waals surface area contributed by atoms with E-state index in [0.717, 1.165) is 49.0 Å². The minimum atomic E-state index is -0.381. The fraction of sp³-hybridized carbons (Fsp3) is 0.355. The Hall–Kier alpha value is -3.40. The molecule has 0 bridgehead atoms. The summed E-state index contributed by atoms with van der Waals surface area (Å²) in [4.78, 5) is 25.4. The number of carbonyl (C=O) groups excluding carboxylic acids is 2. The SMILES string of the molecule is CCCC(CCCc1cc(C(=O)OC)ccc1C(=O)Cc1ccc(OC)cc1)Cc1ccccc1. The van der Waals surface area contributed by atoms with Crippen LogP contribution in [0.4, 0.5) is 0 Å². The highest BCUT2D eigenvalue weighted by Gasteiger charge is 2.17. The Morgan fingerprint density at radius 2 is 1.60 bits per heavy atom. The van der Waals surface area contributed by atoms with E-state index >= 15 is 0 Å². The highest BCUT2D eigenvalue weighted by Crippen LogP contribution is 2.24. The number of ether oxygens (including phenoxy) is 2. The fourth-order valence-electron chi connectivity index (χ4n) is 4.63. The van der Waals surface area contributed by atoms with Gasteiger partial charge in [-0.1, -0.05) is 68.3 Å². The molecule has 3 aromatic rings. The average molecular weight is 473 g/mol. The van der Waals surface area contributed by atoms with Crippen LogP contribution in [0, 0.1) is 5.92 Å². The van der Waals surface area contributed by atoms with E-state index < -0.39 is 0 Å². The molecule has 0 fully saturated rings. The summed E-state index contributed by atoms with van der Waals surface area (Å²) in [7, 11) is 3.00. The van der Waals surface area contributed by atoms with Gasteiger partial charge in [0.15, 0.2) is 5.78 Å². The average Bonchev–Trinajstić information content (AvgIpc) is 2.89. The van der Waals surface area contributed by atoms with Crippen LogP contribution in [0.3, 0.4) is 0 Å². The number of hydrogen-bond acceptors (Lipinski definition) is 4. The molecule has 184 valence electrons. The second kappa shape index (κ2) is 13.5. The summed E-state index contributed by atoms with van der Waals surface area (Å²) in [6, 6.07) is 23.5. The van der Waals surface area contributed by atoms with Gasteiger partial charge in [-0.3, -0.25) is 4.79 Å². The van der Waals surface area contributed by atoms with Crippen molar-refractivity contribution in [3.05, 3.63) is 101 Å². The molecule has 0 radical (unpaired) electrons. The van der Waals surface area contributed by atoms with Crippen molar-refractivity contribution >= 4 is 11.8 Å². The van der Waals surface area contributed by atoms with Gasteiger partial charge < -0.3 is 9.47 Å². The normalized spacial score (nSPS) is 11.6. The number of aryl methyl sites for hydroxylation is 1. The molecule has 4 nitrogen and oxygen atoms in total. The smallest absolute Gasteiger partial charge is 0.337 e. The summed E-state index contributed by atoms with van der Waals surface area (Å²) in [6.07, 6.45) is 6.51. The summed E-state index contributed by atoms with van der Waals surface area (Å²) < 4.78 is 10.1. The molecule has 0 aliphatic heterocycles. The monoisotopic (exact) mass is 472 g/mol. The lowest BCUT2D eigenvalue weighted by Gasteiger charge is -2.17. The largest absolute Gasteiger partial charge is 0.497 e. The topological polar surface area (TPSA) is 52.6 Å². The fourth-order valence-corrected chi connectivity index (χ4v) is 4.63. The van der Waals surface area contributed by atoms with Crippen LogP contribution < -0.4 is 4.74 Å². The molecule has 0 aliphatic carbocycles. The molecule has 0 saturated heterocycles. The number of rotatable bonds is 13. The zero-order valence-electron chi connectivity index (χ0n) is 21.1. The van der Waals surface area contributed by atoms with E-state index in [0.29, 0.717) is 23.5 Å². The zero-order valence-corrected chi connectivity index (χ0v) is 21.1. The van der Waals surface area contributed by atoms with Gasteiger partial charge in [-0.05, 0) is 72.6 Å². The third-order valence-corrected chi connectivity index (χ3v) is 6.47. The van der Waals surface area contributed by atoms with E-state index in [4.69, 9.17) is 9.47 Å². The molecule has 1 atom stereocenters. The predicted molar refractivity (Wildman–Crippen MR) is 140 cm³/mol. The van der Waals surface area contributed by atoms with E-state index in [1.165, 1.54) is 19.1 Å². The summed E-state index contributed by atoms with van der Waals surface area (Å²) in [5, 5.41) is 0. The highest BCUT2D eigenvalue weighted by atomic mass is 16.5. The van der Waals surface area contributed by atoms with Crippen molar-refractivity contribution in [2.24, 2.45) is 5.92 Å². The van der Waals surface area contributed by atoms with Crippen molar-refractivity contribution in [2.45, 2.75) is 51.9 Å². The van der Waals surface area contributed by atoms with Crippen molar-refractivity contribution in [1.82, 2.24) is 0 Å². The Morgan fingerprint density at radius 3 is 2.26 bits per heavy atom. The standard InChI is InChI=1S/C31H36O4/c1-4-9-23(20-24-10-6-5-7-11-24)12-8-13-26-22-27(31(33)35-3)16-19-29(26)30(32)21-25-14-17-28(34-2)18-15-25/h5-7,10-11,14-19,22-23H,4,8-9,12-13,20-21H2,1-3H3. The van der Waals surface area contributed by atoms with Gasteiger partial charge in [-0.15, -0.1) is 0 Å². The molecule has 0 aliphatic rings. The van der Waals surface area contributed by atoms with Gasteiger partial charge in [0.05, 0.1) is 19.8 Å². The summed E-state index contributed by atoms with van der Waals surface area (Å²) >= 11 is 0. The summed E-state index contributed by atoms with van der Waals surface area (Å²) in [5.74, 6) is 1.04. The second-order valence-electron chi connectivity index (χ2n) is 9.05. The molecule has 3 rings (SSSR count). The van der Waals surface area contributed by atoms with E-state index in [9.17, 15) is 9.59 Å². The van der Waals surface area contributed by atoms with Crippen LogP contribution in [-0.4, -0.2) is 26.0 Å². The Morgan fingerprint density at radius 1 is 0.857 bits per heavy atom. The molecule has 0 saturated carbocycles. The summed E-state index contributed by atoms with van der Waals surface area (Å²) in [5.41, 5.74) is 4.39. The van der Waals surface area contributed by atoms with Crippen LogP contribution in [0.5, 0.6) is 5.75 Å². The molecular weight excluding hydrogens is 436 g/mol. The summed E-state index contributed by atoms with van der Waals surface area (Å²) in [6.45, 7) is 2.23. The lowest BCUT2D eigenvalue weighted by atomic mass is 9.88. The molecule has 4 heteroatoms. The van der Waals surface area contributed by atoms with E-state index in [1.54, 1.807) is 19.2 Å². The molecule has 0 amide bonds. The van der Waals surface area contributed by atoms with Gasteiger partial charge in [0.2, 0.25) is 0 Å². The number of hydrogen-bond donors (Lipinski definition) is 0. The Labute approximate surface area is 209 Å². The number of ketones is 1. The first kappa shape index (κ1) is 26.2. The van der Waals surface area contributed by atoms with Gasteiger partial charge in [0.25, 0.3) is 0 Å². The van der Waals surface area contributed by atoms with Crippen molar-refractivity contribution in [1.29, 1.82) is 0 Å². The van der Waals surface area contributed by atoms with E-state index in [1.807, 2.05) is 30.3 Å². The van der Waals surface area contributed by atoms with Gasteiger partial charge in [0.1, 0.15) is 5.75 Å². The van der Waals surface area contributed by atoms with Gasteiger partial charge in [-0.25, -0.2) is 4.79 Å². The number of methoxy groups -OCH3 is 2. The lowest BCUT2D eigenvalue weighted by Crippen LogP contribution is -2.11. The molecule has 0 aromatic heterocycles. The van der Waals surface area contributed by atoms with E-state index in [-0.39, 0.29) is 11.8 Å². The van der Waals surface area contributed by atoms with Crippen molar-refractivity contribution in [3.8, 4) is 5.75 Å². The molecule has 0 heterocycles. The molecule has 1 unspecified atom stereocenters. The molecule has 35 heavy (non-hydrogen) atoms.